The van der Waals surface area contributed by atoms with Crippen molar-refractivity contribution in [1.29, 1.82) is 0 Å². The van der Waals surface area contributed by atoms with Gasteiger partial charge in [-0.15, -0.1) is 0 Å². The Hall–Kier alpha value is -0.910. The molecular formula is C11H12Cl3N3O2. The lowest BCUT2D eigenvalue weighted by Gasteiger charge is -2.19. The molecule has 0 saturated carbocycles. The Morgan fingerprint density at radius 2 is 2.21 bits per heavy atom. The molecule has 8 heteroatoms. The molecule has 0 aliphatic carbocycles. The van der Waals surface area contributed by atoms with Gasteiger partial charge in [0.15, 0.2) is 0 Å². The Bertz CT molecular complexity index is 498. The molecule has 1 aromatic heterocycles. The van der Waals surface area contributed by atoms with Crippen LogP contribution in [0.1, 0.15) is 6.42 Å². The minimum Gasteiger partial charge on any atom is -0.453 e. The number of nitrogens with zero attached hydrogens (tertiary/aromatic N) is 2. The standard InChI is InChI=1S/C11H12Cl3N3O2/c1-19-11(18)15-6-2-3-17(5-6)10-8(13)4-7(12)9(14)16-10/h4,6H,2-3,5H2,1H3,(H,15,18). The molecule has 0 radical (unpaired) electrons. The zero-order valence-corrected chi connectivity index (χ0v) is 12.4. The van der Waals surface area contributed by atoms with E-state index in [9.17, 15) is 4.79 Å². The first-order valence-electron chi connectivity index (χ1n) is 5.62. The molecule has 1 aromatic rings. The highest BCUT2D eigenvalue weighted by atomic mass is 35.5. The summed E-state index contributed by atoms with van der Waals surface area (Å²) >= 11 is 17.8. The maximum absolute atomic E-state index is 11.1. The normalized spacial score (nSPS) is 18.5. The number of carbonyl (C=O) groups excluding carboxylic acids is 1. The fourth-order valence-corrected chi connectivity index (χ4v) is 2.57. The number of alkyl carbamates (subject to hydrolysis) is 1. The highest BCUT2D eigenvalue weighted by Gasteiger charge is 2.27. The molecule has 1 unspecified atom stereocenters. The van der Waals surface area contributed by atoms with Gasteiger partial charge in [-0.3, -0.25) is 0 Å². The fraction of sp³-hybridized carbons (Fsp3) is 0.455. The molecule has 0 aromatic carbocycles. The average Bonchev–Trinajstić information content (AvgIpc) is 2.82. The van der Waals surface area contributed by atoms with Gasteiger partial charge in [0.05, 0.1) is 23.2 Å². The molecule has 1 aliphatic heterocycles. The van der Waals surface area contributed by atoms with Crippen molar-refractivity contribution in [3.05, 3.63) is 21.3 Å². The number of nitrogens with one attached hydrogen (secondary N) is 1. The fourth-order valence-electron chi connectivity index (χ4n) is 1.95. The molecule has 1 amide bonds. The second-order valence-corrected chi connectivity index (χ2v) is 5.31. The number of pyridine rings is 1. The minimum atomic E-state index is -0.444. The largest absolute Gasteiger partial charge is 0.453 e. The highest BCUT2D eigenvalue weighted by molar-refractivity contribution is 6.42. The van der Waals surface area contributed by atoms with Crippen LogP contribution in [-0.4, -0.2) is 37.3 Å². The van der Waals surface area contributed by atoms with Crippen molar-refractivity contribution in [1.82, 2.24) is 10.3 Å². The molecule has 2 heterocycles. The molecule has 1 aliphatic rings. The van der Waals surface area contributed by atoms with Crippen LogP contribution in [0.5, 0.6) is 0 Å². The highest BCUT2D eigenvalue weighted by Crippen LogP contribution is 2.32. The number of halogens is 3. The molecule has 5 nitrogen and oxygen atoms in total. The Balaban J connectivity index is 2.08. The predicted molar refractivity (Wildman–Crippen MR) is 75.4 cm³/mol. The summed E-state index contributed by atoms with van der Waals surface area (Å²) in [6.07, 6.45) is 0.341. The van der Waals surface area contributed by atoms with Crippen LogP contribution < -0.4 is 10.2 Å². The van der Waals surface area contributed by atoms with Crippen LogP contribution in [0, 0.1) is 0 Å². The van der Waals surface area contributed by atoms with E-state index in [2.05, 4.69) is 15.0 Å². The van der Waals surface area contributed by atoms with E-state index >= 15 is 0 Å². The smallest absolute Gasteiger partial charge is 0.407 e. The maximum atomic E-state index is 11.1. The van der Waals surface area contributed by atoms with Crippen molar-refractivity contribution in [3.63, 3.8) is 0 Å². The average molecular weight is 325 g/mol. The predicted octanol–water partition coefficient (Wildman–Crippen LogP) is 2.98. The summed E-state index contributed by atoms with van der Waals surface area (Å²) in [5.74, 6) is 0.574. The topological polar surface area (TPSA) is 54.5 Å². The zero-order chi connectivity index (χ0) is 14.0. The van der Waals surface area contributed by atoms with Gasteiger partial charge in [0, 0.05) is 13.1 Å². The molecule has 1 fully saturated rings. The van der Waals surface area contributed by atoms with Crippen LogP contribution >= 0.6 is 34.8 Å². The Morgan fingerprint density at radius 3 is 2.89 bits per heavy atom. The summed E-state index contributed by atoms with van der Waals surface area (Å²) in [5, 5.41) is 3.71. The molecule has 19 heavy (non-hydrogen) atoms. The van der Waals surface area contributed by atoms with Crippen LogP contribution in [0.2, 0.25) is 15.2 Å². The number of hydrogen-bond donors (Lipinski definition) is 1. The first kappa shape index (κ1) is 14.5. The molecule has 1 saturated heterocycles. The first-order chi connectivity index (χ1) is 9.01. The van der Waals surface area contributed by atoms with Gasteiger partial charge in [-0.2, -0.15) is 0 Å². The van der Waals surface area contributed by atoms with Gasteiger partial charge in [-0.05, 0) is 12.5 Å². The Labute approximate surface area is 125 Å². The van der Waals surface area contributed by atoms with Gasteiger partial charge in [-0.25, -0.2) is 9.78 Å². The summed E-state index contributed by atoms with van der Waals surface area (Å²) in [4.78, 5) is 17.3. The van der Waals surface area contributed by atoms with Crippen LogP contribution in [0.3, 0.4) is 0 Å². The summed E-state index contributed by atoms with van der Waals surface area (Å²) in [6.45, 7) is 1.32. The zero-order valence-electron chi connectivity index (χ0n) is 10.1. The van der Waals surface area contributed by atoms with Crippen molar-refractivity contribution in [2.45, 2.75) is 12.5 Å². The molecule has 0 spiro atoms. The van der Waals surface area contributed by atoms with Gasteiger partial charge in [0.2, 0.25) is 0 Å². The molecule has 104 valence electrons. The number of aromatic nitrogens is 1. The summed E-state index contributed by atoms with van der Waals surface area (Å²) in [6, 6.07) is 1.56. The van der Waals surface area contributed by atoms with E-state index in [4.69, 9.17) is 34.8 Å². The van der Waals surface area contributed by atoms with E-state index in [0.29, 0.717) is 22.4 Å². The van der Waals surface area contributed by atoms with E-state index < -0.39 is 6.09 Å². The van der Waals surface area contributed by atoms with Gasteiger partial charge in [-0.1, -0.05) is 34.8 Å². The van der Waals surface area contributed by atoms with E-state index in [1.807, 2.05) is 4.90 Å². The van der Waals surface area contributed by atoms with Gasteiger partial charge in [0.25, 0.3) is 0 Å². The van der Waals surface area contributed by atoms with E-state index in [1.165, 1.54) is 7.11 Å². The molecule has 1 atom stereocenters. The third kappa shape index (κ3) is 3.35. The summed E-state index contributed by atoms with van der Waals surface area (Å²) in [5.41, 5.74) is 0. The third-order valence-corrected chi connectivity index (χ3v) is 3.81. The molecule has 1 N–H and O–H groups in total. The van der Waals surface area contributed by atoms with Gasteiger partial charge >= 0.3 is 6.09 Å². The van der Waals surface area contributed by atoms with Crippen molar-refractivity contribution < 1.29 is 9.53 Å². The van der Waals surface area contributed by atoms with E-state index in [1.54, 1.807) is 6.07 Å². The maximum Gasteiger partial charge on any atom is 0.407 e. The summed E-state index contributed by atoms with van der Waals surface area (Å²) < 4.78 is 4.56. The SMILES string of the molecule is COC(=O)NC1CCN(c2nc(Cl)c(Cl)cc2Cl)C1. The Morgan fingerprint density at radius 1 is 1.47 bits per heavy atom. The first-order valence-corrected chi connectivity index (χ1v) is 6.75. The Kier molecular flexibility index (Phi) is 4.60. The lowest BCUT2D eigenvalue weighted by atomic mass is 10.3. The second-order valence-electron chi connectivity index (χ2n) is 4.13. The van der Waals surface area contributed by atoms with Crippen molar-refractivity contribution >= 4 is 46.7 Å². The van der Waals surface area contributed by atoms with Gasteiger partial charge < -0.3 is 15.0 Å². The van der Waals surface area contributed by atoms with Crippen LogP contribution in [-0.2, 0) is 4.74 Å². The molecule has 0 bridgehead atoms. The number of hydrogen-bond acceptors (Lipinski definition) is 4. The number of rotatable bonds is 2. The van der Waals surface area contributed by atoms with Crippen LogP contribution in [0.4, 0.5) is 10.6 Å². The quantitative estimate of drug-likeness (QED) is 0.850. The number of ether oxygens (including phenoxy) is 1. The monoisotopic (exact) mass is 323 g/mol. The van der Waals surface area contributed by atoms with Crippen molar-refractivity contribution in [2.24, 2.45) is 0 Å². The number of amides is 1. The van der Waals surface area contributed by atoms with Crippen molar-refractivity contribution in [3.8, 4) is 0 Å². The summed E-state index contributed by atoms with van der Waals surface area (Å²) in [7, 11) is 1.33. The van der Waals surface area contributed by atoms with E-state index in [-0.39, 0.29) is 11.2 Å². The second kappa shape index (κ2) is 6.03. The van der Waals surface area contributed by atoms with Crippen LogP contribution in [0.15, 0.2) is 6.07 Å². The third-order valence-electron chi connectivity index (χ3n) is 2.86. The van der Waals surface area contributed by atoms with Gasteiger partial charge in [0.1, 0.15) is 11.0 Å². The number of carbonyl (C=O) groups is 1. The lowest BCUT2D eigenvalue weighted by molar-refractivity contribution is 0.167. The number of anilines is 1. The van der Waals surface area contributed by atoms with Crippen molar-refractivity contribution in [2.75, 3.05) is 25.1 Å². The molecular weight excluding hydrogens is 312 g/mol. The minimum absolute atomic E-state index is 0.000213. The molecule has 2 rings (SSSR count). The lowest BCUT2D eigenvalue weighted by Crippen LogP contribution is -2.37. The number of methoxy groups -OCH3 is 1. The van der Waals surface area contributed by atoms with Crippen LogP contribution in [0.25, 0.3) is 0 Å². The van der Waals surface area contributed by atoms with E-state index in [0.717, 1.165) is 13.0 Å².